The van der Waals surface area contributed by atoms with Gasteiger partial charge in [-0.25, -0.2) is 10.3 Å². The molecule has 1 atom stereocenters. The molecule has 2 aromatic rings. The summed E-state index contributed by atoms with van der Waals surface area (Å²) < 4.78 is 5.17. The van der Waals surface area contributed by atoms with Crippen molar-refractivity contribution < 1.29 is 24.6 Å². The zero-order valence-corrected chi connectivity index (χ0v) is 17.9. The fraction of sp³-hybridized carbons (Fsp3) is 0.391. The second-order valence-electron chi connectivity index (χ2n) is 8.37. The second kappa shape index (κ2) is 8.90. The molecule has 4 N–H and O–H groups in total. The molecule has 1 spiro atoms. The molecule has 8 heteroatoms. The van der Waals surface area contributed by atoms with Crippen molar-refractivity contribution in [2.24, 2.45) is 5.41 Å². The van der Waals surface area contributed by atoms with Gasteiger partial charge in [0.05, 0.1) is 5.56 Å². The number of aromatic carboxylic acids is 1. The zero-order valence-electron chi connectivity index (χ0n) is 17.1. The topological polar surface area (TPSA) is 108 Å². The van der Waals surface area contributed by atoms with Crippen molar-refractivity contribution in [1.82, 2.24) is 10.8 Å². The highest BCUT2D eigenvalue weighted by molar-refractivity contribution is 8.01. The molecule has 31 heavy (non-hydrogen) atoms. The van der Waals surface area contributed by atoms with Crippen LogP contribution < -0.4 is 15.5 Å². The lowest BCUT2D eigenvalue weighted by Crippen LogP contribution is -2.43. The lowest BCUT2D eigenvalue weighted by atomic mass is 9.77. The first kappa shape index (κ1) is 21.7. The number of thioether (sulfide) groups is 1. The number of amides is 1. The van der Waals surface area contributed by atoms with E-state index < -0.39 is 10.7 Å². The summed E-state index contributed by atoms with van der Waals surface area (Å²) in [6.45, 7) is 1.93. The number of hydrogen-bond acceptors (Lipinski definition) is 6. The van der Waals surface area contributed by atoms with Gasteiger partial charge in [-0.2, -0.15) is 0 Å². The third kappa shape index (κ3) is 4.71. The molecule has 1 saturated carbocycles. The Kier molecular flexibility index (Phi) is 6.22. The van der Waals surface area contributed by atoms with Gasteiger partial charge in [0.25, 0.3) is 5.91 Å². The van der Waals surface area contributed by atoms with Crippen LogP contribution in [0.2, 0.25) is 0 Å². The summed E-state index contributed by atoms with van der Waals surface area (Å²) in [7, 11) is 0. The van der Waals surface area contributed by atoms with Crippen molar-refractivity contribution in [3.05, 3.63) is 54.1 Å². The summed E-state index contributed by atoms with van der Waals surface area (Å²) >= 11 is 1.48. The summed E-state index contributed by atoms with van der Waals surface area (Å²) in [5.74, 6) is -0.198. The number of carboxylic acids is 1. The summed E-state index contributed by atoms with van der Waals surface area (Å²) in [5.41, 5.74) is 2.24. The molecule has 0 aromatic heterocycles. The average Bonchev–Trinajstić information content (AvgIpc) is 3.12. The Morgan fingerprint density at radius 1 is 1.00 bits per heavy atom. The van der Waals surface area contributed by atoms with Gasteiger partial charge >= 0.3 is 5.97 Å². The third-order valence-corrected chi connectivity index (χ3v) is 7.77. The molecule has 1 unspecified atom stereocenters. The molecule has 164 valence electrons. The van der Waals surface area contributed by atoms with E-state index in [-0.39, 0.29) is 16.9 Å². The molecule has 0 radical (unpaired) electrons. The van der Waals surface area contributed by atoms with Gasteiger partial charge in [0.15, 0.2) is 0 Å². The molecular weight excluding hydrogens is 416 g/mol. The van der Waals surface area contributed by atoms with Crippen molar-refractivity contribution in [3.63, 3.8) is 0 Å². The molecule has 4 rings (SSSR count). The number of piperidine rings is 1. The van der Waals surface area contributed by atoms with Gasteiger partial charge in [0.2, 0.25) is 0 Å². The Morgan fingerprint density at radius 3 is 2.42 bits per heavy atom. The van der Waals surface area contributed by atoms with Crippen molar-refractivity contribution in [2.45, 2.75) is 41.7 Å². The normalized spacial score (nSPS) is 22.2. The van der Waals surface area contributed by atoms with Crippen LogP contribution in [-0.2, 0) is 4.79 Å². The number of carbonyl (C=O) groups is 2. The number of carboxylic acid groups (broad SMARTS) is 1. The van der Waals surface area contributed by atoms with Gasteiger partial charge in [-0.1, -0.05) is 6.07 Å². The number of nitrogens with one attached hydrogen (secondary N) is 2. The Morgan fingerprint density at radius 2 is 1.74 bits per heavy atom. The Balaban J connectivity index is 1.52. The zero-order chi connectivity index (χ0) is 21.9. The predicted molar refractivity (Wildman–Crippen MR) is 117 cm³/mol. The number of carbonyl (C=O) groups excluding carboxylic acids is 1. The highest BCUT2D eigenvalue weighted by atomic mass is 32.2. The summed E-state index contributed by atoms with van der Waals surface area (Å²) in [5, 5.41) is 21.9. The molecule has 7 nitrogen and oxygen atoms in total. The molecule has 0 bridgehead atoms. The number of hydroxylamine groups is 1. The predicted octanol–water partition coefficient (Wildman–Crippen LogP) is 4.07. The maximum atomic E-state index is 12.8. The van der Waals surface area contributed by atoms with Gasteiger partial charge in [-0.3, -0.25) is 10.0 Å². The molecule has 1 amide bonds. The molecule has 1 saturated heterocycles. The second-order valence-corrected chi connectivity index (χ2v) is 9.83. The van der Waals surface area contributed by atoms with Gasteiger partial charge in [-0.05, 0) is 93.1 Å². The van der Waals surface area contributed by atoms with E-state index in [2.05, 4.69) is 5.32 Å². The minimum atomic E-state index is -0.986. The molecule has 1 aliphatic carbocycles. The maximum Gasteiger partial charge on any atom is 0.335 e. The van der Waals surface area contributed by atoms with E-state index in [9.17, 15) is 14.8 Å². The standard InChI is InChI=1S/C23H26N2O5S/c26-20(27)16-4-6-17(7-5-16)30-18-2-1-3-19(14-18)31-23(21(28)25-29)9-8-22(15-23)10-12-24-13-11-22/h1-7,14,24,29H,8-13,15H2,(H,25,28)(H,26,27). The highest BCUT2D eigenvalue weighted by Crippen LogP contribution is 2.56. The summed E-state index contributed by atoms with van der Waals surface area (Å²) in [4.78, 5) is 24.6. The van der Waals surface area contributed by atoms with E-state index in [0.29, 0.717) is 17.9 Å². The minimum absolute atomic E-state index is 0.144. The molecule has 1 aliphatic heterocycles. The third-order valence-electron chi connectivity index (χ3n) is 6.35. The van der Waals surface area contributed by atoms with Crippen LogP contribution in [0.15, 0.2) is 53.4 Å². The molecule has 2 aliphatic rings. The van der Waals surface area contributed by atoms with Gasteiger partial charge in [0.1, 0.15) is 16.2 Å². The van der Waals surface area contributed by atoms with E-state index in [0.717, 1.165) is 43.7 Å². The number of hydrogen-bond donors (Lipinski definition) is 4. The van der Waals surface area contributed by atoms with Crippen LogP contribution >= 0.6 is 11.8 Å². The molecule has 2 aromatic carbocycles. The quantitative estimate of drug-likeness (QED) is 0.395. The largest absolute Gasteiger partial charge is 0.478 e. The summed E-state index contributed by atoms with van der Waals surface area (Å²) in [6, 6.07) is 13.7. The lowest BCUT2D eigenvalue weighted by Gasteiger charge is -2.36. The monoisotopic (exact) mass is 442 g/mol. The first-order chi connectivity index (χ1) is 14.9. The Bertz CT molecular complexity index is 959. The van der Waals surface area contributed by atoms with Crippen LogP contribution in [-0.4, -0.2) is 40.0 Å². The van der Waals surface area contributed by atoms with E-state index >= 15 is 0 Å². The van der Waals surface area contributed by atoms with Crippen molar-refractivity contribution >= 4 is 23.6 Å². The fourth-order valence-electron chi connectivity index (χ4n) is 4.69. The van der Waals surface area contributed by atoms with Crippen molar-refractivity contribution in [1.29, 1.82) is 0 Å². The van der Waals surface area contributed by atoms with Gasteiger partial charge < -0.3 is 15.2 Å². The SMILES string of the molecule is O=C(O)c1ccc(Oc2cccc(SC3(C(=O)NO)CCC4(CCNCC4)C3)c2)cc1. The lowest BCUT2D eigenvalue weighted by molar-refractivity contribution is -0.131. The van der Waals surface area contributed by atoms with Crippen LogP contribution in [0.1, 0.15) is 42.5 Å². The first-order valence-electron chi connectivity index (χ1n) is 10.4. The maximum absolute atomic E-state index is 12.8. The fourth-order valence-corrected chi connectivity index (χ4v) is 6.18. The van der Waals surface area contributed by atoms with Crippen LogP contribution in [0, 0.1) is 5.41 Å². The molecular formula is C23H26N2O5S. The van der Waals surface area contributed by atoms with E-state index in [1.54, 1.807) is 12.1 Å². The van der Waals surface area contributed by atoms with Gasteiger partial charge in [-0.15, -0.1) is 11.8 Å². The average molecular weight is 443 g/mol. The van der Waals surface area contributed by atoms with E-state index in [1.807, 2.05) is 29.7 Å². The molecule has 1 heterocycles. The number of benzene rings is 2. The Hall–Kier alpha value is -2.55. The van der Waals surface area contributed by atoms with Crippen LogP contribution in [0.5, 0.6) is 11.5 Å². The summed E-state index contributed by atoms with van der Waals surface area (Å²) in [6.07, 6.45) is 4.51. The Labute approximate surface area is 185 Å². The van der Waals surface area contributed by atoms with Gasteiger partial charge in [0, 0.05) is 4.90 Å². The number of ether oxygens (including phenoxy) is 1. The van der Waals surface area contributed by atoms with Crippen LogP contribution in [0.4, 0.5) is 0 Å². The van der Waals surface area contributed by atoms with Crippen LogP contribution in [0.25, 0.3) is 0 Å². The van der Waals surface area contributed by atoms with Crippen LogP contribution in [0.3, 0.4) is 0 Å². The van der Waals surface area contributed by atoms with E-state index in [4.69, 9.17) is 9.84 Å². The molecule has 2 fully saturated rings. The highest BCUT2D eigenvalue weighted by Gasteiger charge is 2.53. The minimum Gasteiger partial charge on any atom is -0.478 e. The van der Waals surface area contributed by atoms with Crippen molar-refractivity contribution in [3.8, 4) is 11.5 Å². The smallest absolute Gasteiger partial charge is 0.335 e. The van der Waals surface area contributed by atoms with E-state index in [1.165, 1.54) is 23.9 Å². The first-order valence-corrected chi connectivity index (χ1v) is 11.2. The van der Waals surface area contributed by atoms with Crippen molar-refractivity contribution in [2.75, 3.05) is 13.1 Å². The number of rotatable bonds is 6.